The Labute approximate surface area is 114 Å². The SMILES string of the molecule is CCCc1c(NN)ncnc1NCC(C)(O)CCC. The van der Waals surface area contributed by atoms with Gasteiger partial charge in [-0.2, -0.15) is 0 Å². The summed E-state index contributed by atoms with van der Waals surface area (Å²) >= 11 is 0. The van der Waals surface area contributed by atoms with Crippen molar-refractivity contribution in [3.05, 3.63) is 11.9 Å². The van der Waals surface area contributed by atoms with E-state index in [-0.39, 0.29) is 0 Å². The molecule has 0 aliphatic carbocycles. The Morgan fingerprint density at radius 1 is 1.26 bits per heavy atom. The van der Waals surface area contributed by atoms with Crippen molar-refractivity contribution in [1.82, 2.24) is 9.97 Å². The van der Waals surface area contributed by atoms with E-state index in [9.17, 15) is 5.11 Å². The number of rotatable bonds is 8. The number of anilines is 2. The summed E-state index contributed by atoms with van der Waals surface area (Å²) in [4.78, 5) is 8.35. The number of aliphatic hydroxyl groups is 1. The van der Waals surface area contributed by atoms with E-state index >= 15 is 0 Å². The fraction of sp³-hybridized carbons (Fsp3) is 0.692. The summed E-state index contributed by atoms with van der Waals surface area (Å²) in [5, 5.41) is 13.4. The molecular formula is C13H25N5O. The molecule has 0 aromatic carbocycles. The molecule has 0 aliphatic rings. The Hall–Kier alpha value is -1.40. The smallest absolute Gasteiger partial charge is 0.148 e. The van der Waals surface area contributed by atoms with Gasteiger partial charge in [-0.25, -0.2) is 15.8 Å². The zero-order chi connectivity index (χ0) is 14.3. The third-order valence-electron chi connectivity index (χ3n) is 3.01. The highest BCUT2D eigenvalue weighted by atomic mass is 16.3. The number of nitrogens with one attached hydrogen (secondary N) is 2. The van der Waals surface area contributed by atoms with Gasteiger partial charge >= 0.3 is 0 Å². The summed E-state index contributed by atoms with van der Waals surface area (Å²) in [6.45, 7) is 6.42. The van der Waals surface area contributed by atoms with Crippen molar-refractivity contribution < 1.29 is 5.11 Å². The quantitative estimate of drug-likeness (QED) is 0.423. The molecule has 0 bridgehead atoms. The predicted molar refractivity (Wildman–Crippen MR) is 77.9 cm³/mol. The molecule has 0 fully saturated rings. The minimum absolute atomic E-state index is 0.457. The van der Waals surface area contributed by atoms with E-state index in [4.69, 9.17) is 5.84 Å². The first-order chi connectivity index (χ1) is 9.04. The number of hydrogen-bond acceptors (Lipinski definition) is 6. The van der Waals surface area contributed by atoms with Crippen LogP contribution >= 0.6 is 0 Å². The van der Waals surface area contributed by atoms with Crippen LogP contribution < -0.4 is 16.6 Å². The van der Waals surface area contributed by atoms with Crippen molar-refractivity contribution in [3.63, 3.8) is 0 Å². The minimum atomic E-state index is -0.737. The van der Waals surface area contributed by atoms with Gasteiger partial charge in [0.15, 0.2) is 0 Å². The topological polar surface area (TPSA) is 96.1 Å². The Morgan fingerprint density at radius 3 is 2.53 bits per heavy atom. The van der Waals surface area contributed by atoms with Gasteiger partial charge in [0, 0.05) is 12.1 Å². The average Bonchev–Trinajstić information content (AvgIpc) is 2.37. The van der Waals surface area contributed by atoms with Crippen LogP contribution in [0.4, 0.5) is 11.6 Å². The van der Waals surface area contributed by atoms with Crippen LogP contribution in [0.1, 0.15) is 45.6 Å². The lowest BCUT2D eigenvalue weighted by molar-refractivity contribution is 0.0636. The van der Waals surface area contributed by atoms with Crippen LogP contribution in [0.3, 0.4) is 0 Å². The van der Waals surface area contributed by atoms with E-state index in [1.807, 2.05) is 6.92 Å². The van der Waals surface area contributed by atoms with Gasteiger partial charge in [0.25, 0.3) is 0 Å². The maximum Gasteiger partial charge on any atom is 0.148 e. The van der Waals surface area contributed by atoms with Crippen molar-refractivity contribution in [3.8, 4) is 0 Å². The highest BCUT2D eigenvalue weighted by Gasteiger charge is 2.20. The van der Waals surface area contributed by atoms with Gasteiger partial charge in [-0.05, 0) is 19.8 Å². The van der Waals surface area contributed by atoms with Gasteiger partial charge in [0.2, 0.25) is 0 Å². The number of hydrogen-bond donors (Lipinski definition) is 4. The van der Waals surface area contributed by atoms with E-state index in [2.05, 4.69) is 34.6 Å². The fourth-order valence-electron chi connectivity index (χ4n) is 2.08. The molecular weight excluding hydrogens is 242 g/mol. The zero-order valence-electron chi connectivity index (χ0n) is 12.0. The summed E-state index contributed by atoms with van der Waals surface area (Å²) in [6, 6.07) is 0. The Bertz CT molecular complexity index is 395. The maximum atomic E-state index is 10.2. The van der Waals surface area contributed by atoms with Crippen LogP contribution in [0.2, 0.25) is 0 Å². The lowest BCUT2D eigenvalue weighted by atomic mass is 10.0. The molecule has 0 spiro atoms. The molecule has 0 saturated carbocycles. The molecule has 0 radical (unpaired) electrons. The second-order valence-electron chi connectivity index (χ2n) is 5.04. The van der Waals surface area contributed by atoms with Gasteiger partial charge in [-0.15, -0.1) is 0 Å². The third-order valence-corrected chi connectivity index (χ3v) is 3.01. The third kappa shape index (κ3) is 4.65. The van der Waals surface area contributed by atoms with Crippen molar-refractivity contribution in [2.24, 2.45) is 5.84 Å². The molecule has 1 rings (SSSR count). The molecule has 5 N–H and O–H groups in total. The molecule has 0 amide bonds. The molecule has 1 unspecified atom stereocenters. The number of nitrogens with two attached hydrogens (primary N) is 1. The molecule has 1 heterocycles. The van der Waals surface area contributed by atoms with E-state index in [0.29, 0.717) is 12.4 Å². The van der Waals surface area contributed by atoms with Crippen LogP contribution in [0.15, 0.2) is 6.33 Å². The molecule has 6 heteroatoms. The number of nitrogens with zero attached hydrogens (tertiary/aromatic N) is 2. The summed E-state index contributed by atoms with van der Waals surface area (Å²) in [5.74, 6) is 6.83. The molecule has 0 aliphatic heterocycles. The van der Waals surface area contributed by atoms with E-state index < -0.39 is 5.60 Å². The van der Waals surface area contributed by atoms with E-state index in [0.717, 1.165) is 37.1 Å². The number of hydrazine groups is 1. The van der Waals surface area contributed by atoms with Gasteiger partial charge < -0.3 is 15.8 Å². The van der Waals surface area contributed by atoms with Crippen LogP contribution in [-0.2, 0) is 6.42 Å². The van der Waals surface area contributed by atoms with Crippen molar-refractivity contribution in [1.29, 1.82) is 0 Å². The van der Waals surface area contributed by atoms with Crippen molar-refractivity contribution in [2.75, 3.05) is 17.3 Å². The Morgan fingerprint density at radius 2 is 1.95 bits per heavy atom. The molecule has 108 valence electrons. The molecule has 6 nitrogen and oxygen atoms in total. The number of nitrogen functional groups attached to an aromatic ring is 1. The second-order valence-corrected chi connectivity index (χ2v) is 5.04. The standard InChI is InChI=1S/C13H25N5O/c1-4-6-10-11(16-9-17-12(10)18-14)15-8-13(3,19)7-5-2/h9,19H,4-8,14H2,1-3H3,(H2,15,16,17,18). The lowest BCUT2D eigenvalue weighted by Crippen LogP contribution is -2.33. The predicted octanol–water partition coefficient (Wildman–Crippen LogP) is 1.68. The first kappa shape index (κ1) is 15.7. The fourth-order valence-corrected chi connectivity index (χ4v) is 2.08. The first-order valence-electron chi connectivity index (χ1n) is 6.80. The Balaban J connectivity index is 2.82. The van der Waals surface area contributed by atoms with Gasteiger partial charge in [0.05, 0.1) is 5.60 Å². The molecule has 19 heavy (non-hydrogen) atoms. The van der Waals surface area contributed by atoms with Gasteiger partial charge in [-0.1, -0.05) is 26.7 Å². The monoisotopic (exact) mass is 267 g/mol. The van der Waals surface area contributed by atoms with Crippen LogP contribution in [0, 0.1) is 0 Å². The molecule has 1 atom stereocenters. The molecule has 1 aromatic heterocycles. The van der Waals surface area contributed by atoms with Crippen LogP contribution in [-0.4, -0.2) is 27.2 Å². The number of aromatic nitrogens is 2. The maximum absolute atomic E-state index is 10.2. The van der Waals surface area contributed by atoms with Crippen molar-refractivity contribution >= 4 is 11.6 Å². The minimum Gasteiger partial charge on any atom is -0.388 e. The highest BCUT2D eigenvalue weighted by molar-refractivity contribution is 5.57. The van der Waals surface area contributed by atoms with Gasteiger partial charge in [-0.3, -0.25) is 0 Å². The normalized spacial score (nSPS) is 13.9. The van der Waals surface area contributed by atoms with E-state index in [1.165, 1.54) is 6.33 Å². The molecule has 1 aromatic rings. The van der Waals surface area contributed by atoms with Gasteiger partial charge in [0.1, 0.15) is 18.0 Å². The average molecular weight is 267 g/mol. The second kappa shape index (κ2) is 7.25. The first-order valence-corrected chi connectivity index (χ1v) is 6.80. The Kier molecular flexibility index (Phi) is 5.98. The largest absolute Gasteiger partial charge is 0.388 e. The lowest BCUT2D eigenvalue weighted by Gasteiger charge is -2.24. The summed E-state index contributed by atoms with van der Waals surface area (Å²) in [6.07, 6.45) is 4.96. The van der Waals surface area contributed by atoms with Crippen LogP contribution in [0.25, 0.3) is 0 Å². The van der Waals surface area contributed by atoms with Crippen molar-refractivity contribution in [2.45, 2.75) is 52.1 Å². The van der Waals surface area contributed by atoms with E-state index in [1.54, 1.807) is 0 Å². The summed E-state index contributed by atoms with van der Waals surface area (Å²) in [7, 11) is 0. The highest BCUT2D eigenvalue weighted by Crippen LogP contribution is 2.22. The molecule has 0 saturated heterocycles. The van der Waals surface area contributed by atoms with Crippen LogP contribution in [0.5, 0.6) is 0 Å². The summed E-state index contributed by atoms with van der Waals surface area (Å²) < 4.78 is 0. The summed E-state index contributed by atoms with van der Waals surface area (Å²) in [5.41, 5.74) is 2.81. The zero-order valence-corrected chi connectivity index (χ0v) is 12.0.